The first-order valence-electron chi connectivity index (χ1n) is 25.9. The summed E-state index contributed by atoms with van der Waals surface area (Å²) in [5.74, 6) is -3.36. The molecule has 23 heteroatoms. The van der Waals surface area contributed by atoms with Gasteiger partial charge in [0.05, 0.1) is 6.33 Å². The first kappa shape index (κ1) is 56.3. The van der Waals surface area contributed by atoms with E-state index in [1.54, 1.807) is 93.6 Å². The highest BCUT2D eigenvalue weighted by Crippen LogP contribution is 2.44. The number of carbonyl (C=O) groups is 6. The highest BCUT2D eigenvalue weighted by atomic mass is 16.6. The summed E-state index contributed by atoms with van der Waals surface area (Å²) in [5.41, 5.74) is 2.91. The van der Waals surface area contributed by atoms with Gasteiger partial charge in [-0.3, -0.25) is 53.9 Å². The Morgan fingerprint density at radius 3 is 1.84 bits per heavy atom. The standard InChI is InChI=1S/C59H57N11O12/c1-36-26-69(56(77)65-53(36)75)30-48(72)68(32-50(74)82-59(2,3)4)28-38-18-8-14-24-45(38)61-47(71)29-67(49(73)31-70-35-60-51-52(70)63-55(64-54(51)76)66-58(79)80-33-37-16-6-5-7-17-37)27-39-19-9-15-25-46(39)62-57(78)81-34-44-42-22-12-10-20-40(42)41-21-11-13-23-43(41)44/h5-26,35,44H,27-34H2,1-4H3,(H,61,71)(H,62,78)(H,65,75,77)(H2,63,64,66,76,79). The van der Waals surface area contributed by atoms with Crippen molar-refractivity contribution in [2.24, 2.45) is 0 Å². The summed E-state index contributed by atoms with van der Waals surface area (Å²) in [6.07, 6.45) is 0.755. The molecule has 0 saturated heterocycles. The number of benzene rings is 5. The van der Waals surface area contributed by atoms with Gasteiger partial charge in [0, 0.05) is 42.1 Å². The summed E-state index contributed by atoms with van der Waals surface area (Å²) in [6.45, 7) is 3.62. The first-order chi connectivity index (χ1) is 39.3. The third-order valence-electron chi connectivity index (χ3n) is 13.1. The Morgan fingerprint density at radius 2 is 1.20 bits per heavy atom. The number of amides is 5. The molecule has 9 rings (SSSR count). The number of ether oxygens (including phenoxy) is 3. The van der Waals surface area contributed by atoms with Crippen LogP contribution in [0.1, 0.15) is 60.1 Å². The van der Waals surface area contributed by atoms with E-state index >= 15 is 0 Å². The number of fused-ring (bicyclic) bond motifs is 4. The van der Waals surface area contributed by atoms with Crippen LogP contribution in [0.2, 0.25) is 0 Å². The molecule has 0 fully saturated rings. The summed E-state index contributed by atoms with van der Waals surface area (Å²) in [6, 6.07) is 37.9. The average molecular weight is 1110 g/mol. The van der Waals surface area contributed by atoms with Gasteiger partial charge in [-0.25, -0.2) is 19.4 Å². The molecule has 0 aliphatic heterocycles. The van der Waals surface area contributed by atoms with Crippen molar-refractivity contribution in [1.29, 1.82) is 0 Å². The van der Waals surface area contributed by atoms with Gasteiger partial charge < -0.3 is 33.9 Å². The zero-order valence-electron chi connectivity index (χ0n) is 45.1. The summed E-state index contributed by atoms with van der Waals surface area (Å²) in [5, 5.41) is 8.05. The number of carbonyl (C=O) groups excluding carboxylic acids is 6. The Balaban J connectivity index is 0.962. The number of rotatable bonds is 19. The molecule has 0 saturated carbocycles. The SMILES string of the molecule is Cc1cn(CC(=O)N(CC(=O)OC(C)(C)C)Cc2ccccc2NC(=O)CN(Cc2ccccc2NC(=O)OCC2c3ccccc3-c3ccccc32)C(=O)Cn2cnc3c(=O)[nH]c(NC(=O)OCc4ccccc4)nc32)c(=O)[nH]c1=O. The Morgan fingerprint density at radius 1 is 0.634 bits per heavy atom. The minimum absolute atomic E-state index is 0.0256. The van der Waals surface area contributed by atoms with Crippen LogP contribution in [0.4, 0.5) is 26.9 Å². The van der Waals surface area contributed by atoms with E-state index in [1.807, 2.05) is 54.6 Å². The van der Waals surface area contributed by atoms with Crippen LogP contribution in [0.25, 0.3) is 22.3 Å². The van der Waals surface area contributed by atoms with E-state index < -0.39 is 84.5 Å². The molecule has 0 spiro atoms. The van der Waals surface area contributed by atoms with Crippen molar-refractivity contribution in [2.45, 2.75) is 72.0 Å². The predicted octanol–water partition coefficient (Wildman–Crippen LogP) is 6.43. The molecule has 0 unspecified atom stereocenters. The number of esters is 1. The van der Waals surface area contributed by atoms with Gasteiger partial charge >= 0.3 is 23.8 Å². The fourth-order valence-electron chi connectivity index (χ4n) is 9.29. The van der Waals surface area contributed by atoms with E-state index in [-0.39, 0.29) is 66.3 Å². The highest BCUT2D eigenvalue weighted by Gasteiger charge is 2.30. The van der Waals surface area contributed by atoms with Gasteiger partial charge in [0.2, 0.25) is 23.7 Å². The monoisotopic (exact) mass is 1110 g/mol. The maximum absolute atomic E-state index is 14.8. The van der Waals surface area contributed by atoms with Crippen molar-refractivity contribution >= 4 is 64.4 Å². The molecule has 5 amide bonds. The van der Waals surface area contributed by atoms with Gasteiger partial charge in [0.1, 0.15) is 45.0 Å². The fraction of sp³-hybridized carbons (Fsp3) is 0.237. The Bertz CT molecular complexity index is 3870. The molecule has 5 aromatic carbocycles. The molecule has 3 heterocycles. The topological polar surface area (TPSA) is 291 Å². The molecule has 23 nitrogen and oxygen atoms in total. The van der Waals surface area contributed by atoms with Gasteiger partial charge in [0.15, 0.2) is 11.2 Å². The average Bonchev–Trinajstić information content (AvgIpc) is 4.21. The molecule has 8 aromatic rings. The van der Waals surface area contributed by atoms with Crippen molar-refractivity contribution in [1.82, 2.24) is 38.9 Å². The molecule has 0 atom stereocenters. The number of aromatic nitrogens is 6. The molecule has 1 aliphatic carbocycles. The number of aromatic amines is 2. The van der Waals surface area contributed by atoms with Gasteiger partial charge in [0.25, 0.3) is 11.1 Å². The second-order valence-electron chi connectivity index (χ2n) is 20.2. The number of H-pyrrole nitrogens is 2. The fourth-order valence-corrected chi connectivity index (χ4v) is 9.29. The quantitative estimate of drug-likeness (QED) is 0.0431. The third-order valence-corrected chi connectivity index (χ3v) is 13.1. The minimum Gasteiger partial charge on any atom is -0.459 e. The van der Waals surface area contributed by atoms with Crippen LogP contribution in [-0.2, 0) is 66.2 Å². The lowest BCUT2D eigenvalue weighted by atomic mass is 9.98. The van der Waals surface area contributed by atoms with Crippen molar-refractivity contribution < 1.29 is 43.0 Å². The van der Waals surface area contributed by atoms with E-state index in [0.717, 1.165) is 31.7 Å². The van der Waals surface area contributed by atoms with Crippen LogP contribution in [0, 0.1) is 6.92 Å². The van der Waals surface area contributed by atoms with Gasteiger partial charge in [-0.15, -0.1) is 0 Å². The zero-order valence-corrected chi connectivity index (χ0v) is 45.1. The number of para-hydroxylation sites is 2. The second kappa shape index (κ2) is 24.7. The second-order valence-corrected chi connectivity index (χ2v) is 20.2. The number of hydrogen-bond donors (Lipinski definition) is 5. The van der Waals surface area contributed by atoms with Gasteiger partial charge in [-0.1, -0.05) is 115 Å². The Labute approximate surface area is 467 Å². The molecule has 1 aliphatic rings. The van der Waals surface area contributed by atoms with Crippen LogP contribution in [0.15, 0.2) is 154 Å². The molecule has 0 bridgehead atoms. The van der Waals surface area contributed by atoms with E-state index in [9.17, 15) is 43.2 Å². The lowest BCUT2D eigenvalue weighted by molar-refractivity contribution is -0.159. The number of nitrogens with zero attached hydrogens (tertiary/aromatic N) is 6. The Kier molecular flexibility index (Phi) is 16.9. The maximum atomic E-state index is 14.8. The van der Waals surface area contributed by atoms with Crippen molar-refractivity contribution in [2.75, 3.05) is 35.6 Å². The third kappa shape index (κ3) is 13.9. The van der Waals surface area contributed by atoms with Crippen LogP contribution >= 0.6 is 0 Å². The van der Waals surface area contributed by atoms with E-state index in [1.165, 1.54) is 28.9 Å². The normalized spacial score (nSPS) is 11.7. The van der Waals surface area contributed by atoms with Crippen molar-refractivity contribution in [3.05, 3.63) is 204 Å². The molecule has 82 heavy (non-hydrogen) atoms. The van der Waals surface area contributed by atoms with Crippen molar-refractivity contribution in [3.8, 4) is 11.1 Å². The summed E-state index contributed by atoms with van der Waals surface area (Å²) in [7, 11) is 0. The number of imidazole rings is 1. The number of hydrogen-bond acceptors (Lipinski definition) is 14. The molecule has 3 aromatic heterocycles. The summed E-state index contributed by atoms with van der Waals surface area (Å²) < 4.78 is 19.0. The van der Waals surface area contributed by atoms with Gasteiger partial charge in [-0.2, -0.15) is 4.98 Å². The summed E-state index contributed by atoms with van der Waals surface area (Å²) in [4.78, 5) is 136. The molecule has 0 radical (unpaired) electrons. The minimum atomic E-state index is -0.919. The summed E-state index contributed by atoms with van der Waals surface area (Å²) >= 11 is 0. The van der Waals surface area contributed by atoms with Crippen LogP contribution in [0.3, 0.4) is 0 Å². The largest absolute Gasteiger partial charge is 0.459 e. The van der Waals surface area contributed by atoms with Crippen LogP contribution in [0.5, 0.6) is 0 Å². The molecule has 5 N–H and O–H groups in total. The highest BCUT2D eigenvalue weighted by molar-refractivity contribution is 5.96. The number of nitrogens with one attached hydrogen (secondary N) is 5. The smallest absolute Gasteiger partial charge is 0.414 e. The molecule has 420 valence electrons. The lowest BCUT2D eigenvalue weighted by Crippen LogP contribution is -2.42. The van der Waals surface area contributed by atoms with Crippen molar-refractivity contribution in [3.63, 3.8) is 0 Å². The van der Waals surface area contributed by atoms with Crippen LogP contribution in [-0.4, -0.2) is 100 Å². The van der Waals surface area contributed by atoms with E-state index in [4.69, 9.17) is 14.2 Å². The lowest BCUT2D eigenvalue weighted by Gasteiger charge is -2.27. The van der Waals surface area contributed by atoms with Gasteiger partial charge in [-0.05, 0) is 78.8 Å². The van der Waals surface area contributed by atoms with E-state index in [2.05, 4.69) is 35.9 Å². The predicted molar refractivity (Wildman–Crippen MR) is 301 cm³/mol. The molecular weight excluding hydrogens is 1050 g/mol. The van der Waals surface area contributed by atoms with Crippen LogP contribution < -0.4 is 32.8 Å². The molecular formula is C59H57N11O12. The zero-order chi connectivity index (χ0) is 58.1. The van der Waals surface area contributed by atoms with E-state index in [0.29, 0.717) is 16.7 Å². The number of anilines is 3. The first-order valence-corrected chi connectivity index (χ1v) is 25.9. The Hall–Kier alpha value is -10.5. The number of aryl methyl sites for hydroxylation is 1. The maximum Gasteiger partial charge on any atom is 0.414 e.